The molecule has 0 bridgehead atoms. The molecule has 35 heavy (non-hydrogen) atoms. The summed E-state index contributed by atoms with van der Waals surface area (Å²) >= 11 is 1.32. The Morgan fingerprint density at radius 2 is 1.80 bits per heavy atom. The molecule has 0 saturated carbocycles. The van der Waals surface area contributed by atoms with Gasteiger partial charge in [-0.15, -0.1) is 0 Å². The molecule has 11 heteroatoms. The van der Waals surface area contributed by atoms with Crippen LogP contribution in [0.25, 0.3) is 16.7 Å². The molecule has 0 amide bonds. The number of alkyl halides is 3. The summed E-state index contributed by atoms with van der Waals surface area (Å²) in [7, 11) is 0. The molecule has 0 radical (unpaired) electrons. The van der Waals surface area contributed by atoms with E-state index in [1.807, 2.05) is 11.5 Å². The van der Waals surface area contributed by atoms with Gasteiger partial charge in [0.1, 0.15) is 17.0 Å². The lowest BCUT2D eigenvalue weighted by molar-refractivity contribution is -0.155. The summed E-state index contributed by atoms with van der Waals surface area (Å²) in [6.45, 7) is 6.59. The number of rotatable bonds is 9. The van der Waals surface area contributed by atoms with Gasteiger partial charge in [0.05, 0.1) is 11.1 Å². The number of ether oxygens (including phenoxy) is 2. The van der Waals surface area contributed by atoms with Gasteiger partial charge in [-0.05, 0) is 64.4 Å². The fourth-order valence-electron chi connectivity index (χ4n) is 3.31. The third-order valence-corrected chi connectivity index (χ3v) is 5.80. The van der Waals surface area contributed by atoms with Crippen molar-refractivity contribution in [3.05, 3.63) is 46.9 Å². The number of aryl methyl sites for hydroxylation is 1. The summed E-state index contributed by atoms with van der Waals surface area (Å²) < 4.78 is 50.7. The van der Waals surface area contributed by atoms with Crippen LogP contribution < -0.4 is 10.3 Å². The topological polar surface area (TPSA) is 75.3 Å². The van der Waals surface area contributed by atoms with E-state index in [4.69, 9.17) is 14.5 Å². The van der Waals surface area contributed by atoms with Crippen LogP contribution in [0.4, 0.5) is 13.2 Å². The van der Waals surface area contributed by atoms with Crippen LogP contribution in [0.2, 0.25) is 0 Å². The monoisotopic (exact) mass is 511 g/mol. The van der Waals surface area contributed by atoms with Crippen LogP contribution in [0, 0.1) is 0 Å². The smallest absolute Gasteiger partial charge is 0.422 e. The van der Waals surface area contributed by atoms with Crippen molar-refractivity contribution in [1.82, 2.24) is 14.1 Å². The van der Waals surface area contributed by atoms with E-state index in [1.54, 1.807) is 33.0 Å². The number of esters is 1. The molecule has 2 aromatic heterocycles. The highest BCUT2D eigenvalue weighted by Crippen LogP contribution is 2.25. The van der Waals surface area contributed by atoms with Crippen molar-refractivity contribution in [1.29, 1.82) is 0 Å². The van der Waals surface area contributed by atoms with E-state index in [2.05, 4.69) is 0 Å². The average molecular weight is 512 g/mol. The average Bonchev–Trinajstić information content (AvgIpc) is 3.17. The number of fused-ring (bicyclic) bond motifs is 1. The van der Waals surface area contributed by atoms with E-state index in [9.17, 15) is 22.8 Å². The van der Waals surface area contributed by atoms with Crippen LogP contribution in [0.1, 0.15) is 40.5 Å². The number of thioether (sulfide) groups is 1. The van der Waals surface area contributed by atoms with E-state index in [-0.39, 0.29) is 23.7 Å². The summed E-state index contributed by atoms with van der Waals surface area (Å²) in [5, 5.41) is 0.853. The molecule has 1 aromatic carbocycles. The maximum Gasteiger partial charge on any atom is 0.422 e. The van der Waals surface area contributed by atoms with Crippen LogP contribution in [-0.2, 0) is 16.1 Å². The third kappa shape index (κ3) is 7.27. The second-order valence-electron chi connectivity index (χ2n) is 8.81. The van der Waals surface area contributed by atoms with Crippen molar-refractivity contribution in [2.45, 2.75) is 64.0 Å². The Hall–Kier alpha value is -2.95. The summed E-state index contributed by atoms with van der Waals surface area (Å²) in [5.41, 5.74) is 0.149. The van der Waals surface area contributed by atoms with E-state index in [0.717, 1.165) is 0 Å². The number of nitrogens with zero attached hydrogens (tertiary/aromatic N) is 3. The van der Waals surface area contributed by atoms with E-state index in [0.29, 0.717) is 40.6 Å². The first kappa shape index (κ1) is 26.7. The fourth-order valence-corrected chi connectivity index (χ4v) is 4.25. The molecule has 0 aliphatic heterocycles. The molecule has 0 N–H and O–H groups in total. The van der Waals surface area contributed by atoms with Gasteiger partial charge in [-0.1, -0.05) is 11.8 Å². The minimum atomic E-state index is -4.44. The van der Waals surface area contributed by atoms with Gasteiger partial charge in [0.25, 0.3) is 5.56 Å². The first-order valence-corrected chi connectivity index (χ1v) is 12.1. The summed E-state index contributed by atoms with van der Waals surface area (Å²) in [6.07, 6.45) is -1.91. The Bertz CT molecular complexity index is 1230. The number of hydrogen-bond acceptors (Lipinski definition) is 6. The molecular weight excluding hydrogens is 483 g/mol. The number of aromatic nitrogens is 3. The molecule has 0 saturated heterocycles. The molecule has 0 atom stereocenters. The minimum Gasteiger partial charge on any atom is -0.484 e. The van der Waals surface area contributed by atoms with Crippen molar-refractivity contribution in [3.63, 3.8) is 0 Å². The van der Waals surface area contributed by atoms with Crippen molar-refractivity contribution >= 4 is 28.8 Å². The third-order valence-electron chi connectivity index (χ3n) is 4.77. The number of carbonyl (C=O) groups is 1. The van der Waals surface area contributed by atoms with E-state index >= 15 is 0 Å². The zero-order valence-corrected chi connectivity index (χ0v) is 20.8. The standard InChI is InChI=1S/C24H28F3N3O4S/c1-5-29-13-12-18-20(29)28-22(35-14-6-7-19(31)34-23(2,3)4)30(21(18)32)16-8-10-17(11-9-16)33-15-24(25,26)27/h8-13H,5-7,14-15H2,1-4H3. The predicted molar refractivity (Wildman–Crippen MR) is 128 cm³/mol. The molecule has 0 unspecified atom stereocenters. The molecule has 2 heterocycles. The van der Waals surface area contributed by atoms with Gasteiger partial charge < -0.3 is 14.0 Å². The van der Waals surface area contributed by atoms with E-state index < -0.39 is 18.4 Å². The second kappa shape index (κ2) is 10.8. The van der Waals surface area contributed by atoms with Gasteiger partial charge in [0.2, 0.25) is 0 Å². The zero-order valence-electron chi connectivity index (χ0n) is 20.0. The molecule has 190 valence electrons. The lowest BCUT2D eigenvalue weighted by atomic mass is 10.2. The van der Waals surface area contributed by atoms with Crippen molar-refractivity contribution in [2.75, 3.05) is 12.4 Å². The maximum absolute atomic E-state index is 13.4. The molecule has 0 aliphatic rings. The van der Waals surface area contributed by atoms with Gasteiger partial charge in [-0.2, -0.15) is 13.2 Å². The fraction of sp³-hybridized carbons (Fsp3) is 0.458. The molecule has 0 fully saturated rings. The van der Waals surface area contributed by atoms with Crippen molar-refractivity contribution in [2.24, 2.45) is 0 Å². The van der Waals surface area contributed by atoms with E-state index in [1.165, 1.54) is 40.6 Å². The van der Waals surface area contributed by atoms with Gasteiger partial charge in [0, 0.05) is 24.9 Å². The Kier molecular flexibility index (Phi) is 8.19. The first-order chi connectivity index (χ1) is 16.4. The highest BCUT2D eigenvalue weighted by molar-refractivity contribution is 7.99. The van der Waals surface area contributed by atoms with Crippen LogP contribution in [0.3, 0.4) is 0 Å². The quantitative estimate of drug-likeness (QED) is 0.167. The van der Waals surface area contributed by atoms with Gasteiger partial charge in [0.15, 0.2) is 11.8 Å². The number of carbonyl (C=O) groups excluding carboxylic acids is 1. The largest absolute Gasteiger partial charge is 0.484 e. The van der Waals surface area contributed by atoms with Gasteiger partial charge in [-0.25, -0.2) is 4.98 Å². The normalized spacial score (nSPS) is 12.2. The first-order valence-electron chi connectivity index (χ1n) is 11.1. The lowest BCUT2D eigenvalue weighted by Crippen LogP contribution is -2.24. The minimum absolute atomic E-state index is 0.0388. The summed E-state index contributed by atoms with van der Waals surface area (Å²) in [5.74, 6) is 0.252. The Morgan fingerprint density at radius 3 is 2.40 bits per heavy atom. The van der Waals surface area contributed by atoms with Gasteiger partial charge >= 0.3 is 12.1 Å². The second-order valence-corrected chi connectivity index (χ2v) is 9.87. The molecular formula is C24H28F3N3O4S. The number of hydrogen-bond donors (Lipinski definition) is 0. The SMILES string of the molecule is CCn1ccc2c(=O)n(-c3ccc(OCC(F)(F)F)cc3)c(SCCCC(=O)OC(C)(C)C)nc21. The number of benzene rings is 1. The van der Waals surface area contributed by atoms with Gasteiger partial charge in [-0.3, -0.25) is 14.2 Å². The Balaban J connectivity index is 1.86. The van der Waals surface area contributed by atoms with Crippen molar-refractivity contribution < 1.29 is 27.4 Å². The zero-order chi connectivity index (χ0) is 25.8. The molecule has 3 aromatic rings. The lowest BCUT2D eigenvalue weighted by Gasteiger charge is -2.19. The molecule has 7 nitrogen and oxygen atoms in total. The summed E-state index contributed by atoms with van der Waals surface area (Å²) in [6, 6.07) is 7.49. The van der Waals surface area contributed by atoms with Crippen LogP contribution in [0.5, 0.6) is 5.75 Å². The number of halogens is 3. The van der Waals surface area contributed by atoms with Crippen LogP contribution in [-0.4, -0.2) is 44.2 Å². The molecule has 0 aliphatic carbocycles. The summed E-state index contributed by atoms with van der Waals surface area (Å²) in [4.78, 5) is 30.1. The van der Waals surface area contributed by atoms with Crippen LogP contribution in [0.15, 0.2) is 46.5 Å². The highest BCUT2D eigenvalue weighted by atomic mass is 32.2. The highest BCUT2D eigenvalue weighted by Gasteiger charge is 2.28. The molecule has 3 rings (SSSR count). The maximum atomic E-state index is 13.4. The Morgan fingerprint density at radius 1 is 1.11 bits per heavy atom. The van der Waals surface area contributed by atoms with Crippen molar-refractivity contribution in [3.8, 4) is 11.4 Å². The molecule has 0 spiro atoms. The predicted octanol–water partition coefficient (Wildman–Crippen LogP) is 5.36. The van der Waals surface area contributed by atoms with Crippen LogP contribution >= 0.6 is 11.8 Å². The Labute approximate surface area is 205 Å².